The molecule has 10 N–H and O–H groups in total. The largest absolute Gasteiger partial charge is 0.451 e. The molecule has 4 rings (SSSR count). The predicted molar refractivity (Wildman–Crippen MR) is 224 cm³/mol. The maximum Gasteiger partial charge on any atom is 0.333 e. The fraction of sp³-hybridized carbons (Fsp3) is 0.795. The van der Waals surface area contributed by atoms with E-state index in [9.17, 15) is 55.9 Å². The number of carbonyl (C=O) groups excluding carboxylic acids is 1. The summed E-state index contributed by atoms with van der Waals surface area (Å²) in [5.74, 6) is -0.857. The third kappa shape index (κ3) is 14.4. The summed E-state index contributed by atoms with van der Waals surface area (Å²) in [5.41, 5.74) is 2.87. The van der Waals surface area contributed by atoms with Crippen LogP contribution < -0.4 is 0 Å². The predicted octanol–water partition coefficient (Wildman–Crippen LogP) is -0.733. The second kappa shape index (κ2) is 25.2. The topological polar surface area (TPSA) is 302 Å². The molecule has 4 fully saturated rings. The molecule has 20 nitrogen and oxygen atoms in total. The number of carbonyl (C=O) groups is 1. The van der Waals surface area contributed by atoms with Gasteiger partial charge in [-0.25, -0.2) is 4.79 Å². The van der Waals surface area contributed by atoms with E-state index < -0.39 is 129 Å². The van der Waals surface area contributed by atoms with Crippen LogP contribution in [0.1, 0.15) is 81.1 Å². The van der Waals surface area contributed by atoms with E-state index >= 15 is 0 Å². The Morgan fingerprint density at radius 1 is 0.484 bits per heavy atom. The van der Waals surface area contributed by atoms with Gasteiger partial charge >= 0.3 is 5.97 Å². The molecule has 4 heterocycles. The summed E-state index contributed by atoms with van der Waals surface area (Å²) in [6, 6.07) is 0. The van der Waals surface area contributed by atoms with Crippen LogP contribution in [0.3, 0.4) is 0 Å². The quantitative estimate of drug-likeness (QED) is 0.0434. The van der Waals surface area contributed by atoms with Gasteiger partial charge in [-0.2, -0.15) is 0 Å². The molecular weight excluding hydrogens is 848 g/mol. The summed E-state index contributed by atoms with van der Waals surface area (Å²) in [5, 5.41) is 105. The molecule has 0 aromatic rings. The lowest BCUT2D eigenvalue weighted by Crippen LogP contribution is -2.66. The van der Waals surface area contributed by atoms with Gasteiger partial charge in [0.1, 0.15) is 67.1 Å². The van der Waals surface area contributed by atoms with Gasteiger partial charge < -0.3 is 93.7 Å². The minimum Gasteiger partial charge on any atom is -0.451 e. The molecule has 20 atom stereocenters. The van der Waals surface area contributed by atoms with Crippen molar-refractivity contribution in [2.75, 3.05) is 19.8 Å². The van der Waals surface area contributed by atoms with Crippen molar-refractivity contribution in [1.82, 2.24) is 0 Å². The average molecular weight is 921 g/mol. The van der Waals surface area contributed by atoms with Crippen molar-refractivity contribution in [3.05, 3.63) is 46.6 Å². The van der Waals surface area contributed by atoms with E-state index in [0.717, 1.165) is 16.7 Å². The highest BCUT2D eigenvalue weighted by Crippen LogP contribution is 2.34. The molecule has 64 heavy (non-hydrogen) atoms. The van der Waals surface area contributed by atoms with Crippen LogP contribution in [0.2, 0.25) is 0 Å². The molecule has 0 aromatic heterocycles. The van der Waals surface area contributed by atoms with E-state index in [4.69, 9.17) is 42.6 Å². The van der Waals surface area contributed by atoms with Gasteiger partial charge in [0, 0.05) is 5.57 Å². The van der Waals surface area contributed by atoms with Gasteiger partial charge in [-0.05, 0) is 81.1 Å². The third-order valence-electron chi connectivity index (χ3n) is 11.9. The van der Waals surface area contributed by atoms with Crippen molar-refractivity contribution in [3.63, 3.8) is 0 Å². The first-order chi connectivity index (χ1) is 30.2. The molecule has 0 aromatic carbocycles. The lowest BCUT2D eigenvalue weighted by Gasteiger charge is -2.48. The van der Waals surface area contributed by atoms with Crippen molar-refractivity contribution >= 4 is 5.97 Å². The van der Waals surface area contributed by atoms with Crippen LogP contribution >= 0.6 is 0 Å². The molecule has 20 unspecified atom stereocenters. The summed E-state index contributed by atoms with van der Waals surface area (Å²) in [7, 11) is 0. The lowest BCUT2D eigenvalue weighted by atomic mass is 9.96. The van der Waals surface area contributed by atoms with E-state index in [0.29, 0.717) is 25.7 Å². The Bertz CT molecular complexity index is 1590. The van der Waals surface area contributed by atoms with E-state index in [2.05, 4.69) is 0 Å². The highest BCUT2D eigenvalue weighted by Gasteiger charge is 2.54. The second-order valence-corrected chi connectivity index (χ2v) is 17.3. The fourth-order valence-corrected chi connectivity index (χ4v) is 7.54. The molecule has 0 bridgehead atoms. The number of rotatable bonds is 19. The number of aliphatic hydroxyl groups is 10. The molecule has 20 heteroatoms. The van der Waals surface area contributed by atoms with Gasteiger partial charge in [0.15, 0.2) is 31.3 Å². The van der Waals surface area contributed by atoms with Gasteiger partial charge in [-0.15, -0.1) is 0 Å². The number of allylic oxidation sites excluding steroid dienone is 4. The molecular formula is C44H72O20. The third-order valence-corrected chi connectivity index (χ3v) is 11.9. The number of hydrogen-bond acceptors (Lipinski definition) is 20. The zero-order chi connectivity index (χ0) is 47.6. The summed E-state index contributed by atoms with van der Waals surface area (Å²) < 4.78 is 52.6. The highest BCUT2D eigenvalue weighted by atomic mass is 16.8. The van der Waals surface area contributed by atoms with E-state index in [1.165, 1.54) is 20.8 Å². The fourth-order valence-electron chi connectivity index (χ4n) is 7.54. The van der Waals surface area contributed by atoms with Crippen LogP contribution in [-0.4, -0.2) is 200 Å². The Morgan fingerprint density at radius 3 is 1.55 bits per heavy atom. The Labute approximate surface area is 374 Å². The van der Waals surface area contributed by atoms with E-state index in [1.54, 1.807) is 32.1 Å². The van der Waals surface area contributed by atoms with Crippen molar-refractivity contribution in [1.29, 1.82) is 0 Å². The molecule has 0 amide bonds. The van der Waals surface area contributed by atoms with Crippen LogP contribution in [0.15, 0.2) is 46.6 Å². The summed E-state index contributed by atoms with van der Waals surface area (Å²) in [4.78, 5) is 13.6. The van der Waals surface area contributed by atoms with Crippen LogP contribution in [0, 0.1) is 0 Å². The summed E-state index contributed by atoms with van der Waals surface area (Å²) in [6.07, 6.45) is -18.3. The Balaban J connectivity index is 1.44. The molecule has 0 radical (unpaired) electrons. The van der Waals surface area contributed by atoms with Crippen LogP contribution in [0.4, 0.5) is 0 Å². The van der Waals surface area contributed by atoms with E-state index in [1.807, 2.05) is 26.8 Å². The maximum atomic E-state index is 13.6. The van der Waals surface area contributed by atoms with Crippen molar-refractivity contribution in [2.24, 2.45) is 0 Å². The van der Waals surface area contributed by atoms with Gasteiger partial charge in [0.25, 0.3) is 0 Å². The van der Waals surface area contributed by atoms with Crippen molar-refractivity contribution < 1.29 is 98.5 Å². The molecule has 4 saturated heterocycles. The molecule has 368 valence electrons. The molecule has 0 aliphatic carbocycles. The first-order valence-corrected chi connectivity index (χ1v) is 21.9. The summed E-state index contributed by atoms with van der Waals surface area (Å²) >= 11 is 0. The number of hydrogen-bond donors (Lipinski definition) is 10. The zero-order valence-electron chi connectivity index (χ0n) is 37.9. The smallest absolute Gasteiger partial charge is 0.333 e. The molecule has 0 saturated carbocycles. The molecule has 4 aliphatic heterocycles. The first-order valence-electron chi connectivity index (χ1n) is 21.9. The number of esters is 1. The maximum absolute atomic E-state index is 13.6. The Hall–Kier alpha value is -2.29. The number of aliphatic hydroxyl groups excluding tert-OH is 10. The van der Waals surface area contributed by atoms with Crippen molar-refractivity contribution in [2.45, 2.75) is 204 Å². The Kier molecular flexibility index (Phi) is 21.4. The van der Waals surface area contributed by atoms with E-state index in [-0.39, 0.29) is 25.4 Å². The van der Waals surface area contributed by atoms with Crippen LogP contribution in [-0.2, 0) is 47.4 Å². The first kappa shape index (κ1) is 54.3. The minimum absolute atomic E-state index is 0.00108. The van der Waals surface area contributed by atoms with Crippen LogP contribution in [0.5, 0.6) is 0 Å². The van der Waals surface area contributed by atoms with Gasteiger partial charge in [0.05, 0.1) is 44.2 Å². The minimum atomic E-state index is -1.78. The SMILES string of the molecule is CC(=CCO)CCC=C(C)C(=O)OC1C(OC2C(O)C(C)OC(OCC=C(C)CCC=C(C)COC3OC(C)C(O)C(O)C3O)C2O)OC(C)C(O)C1OC1OC(C)C(O)C(O)C1O. The standard InChI is InChI=1S/C44H72O20/c1-20(15-17-45)12-10-14-23(4)40(55)62-39-38(64-43-35(53)33(51)29(47)25(6)60-43)31(49)27(8)61-44(39)63-37-30(48)26(7)59-42(36(37)54)56-18-16-21(2)11-9-13-22(3)19-57-41-34(52)32(50)28(46)24(5)58-41/h13-16,24-39,41-54H,9-12,17-19H2,1-8H3. The molecule has 0 spiro atoms. The Morgan fingerprint density at radius 2 is 0.953 bits per heavy atom. The van der Waals surface area contributed by atoms with Gasteiger partial charge in [-0.3, -0.25) is 0 Å². The van der Waals surface area contributed by atoms with Crippen LogP contribution in [0.25, 0.3) is 0 Å². The summed E-state index contributed by atoms with van der Waals surface area (Å²) in [6.45, 7) is 13.1. The van der Waals surface area contributed by atoms with Gasteiger partial charge in [-0.1, -0.05) is 41.0 Å². The zero-order valence-corrected chi connectivity index (χ0v) is 37.9. The molecule has 4 aliphatic rings. The average Bonchev–Trinajstić information content (AvgIpc) is 3.25. The van der Waals surface area contributed by atoms with Gasteiger partial charge in [0.2, 0.25) is 0 Å². The lowest BCUT2D eigenvalue weighted by molar-refractivity contribution is -0.375. The number of ether oxygens (including phenoxy) is 9. The second-order valence-electron chi connectivity index (χ2n) is 17.3. The monoisotopic (exact) mass is 920 g/mol. The van der Waals surface area contributed by atoms with Crippen molar-refractivity contribution in [3.8, 4) is 0 Å². The highest BCUT2D eigenvalue weighted by molar-refractivity contribution is 5.87. The normalized spacial score (nSPS) is 41.8.